The zero-order valence-corrected chi connectivity index (χ0v) is 16.6. The van der Waals surface area contributed by atoms with Gasteiger partial charge in [0.25, 0.3) is 5.91 Å². The van der Waals surface area contributed by atoms with Gasteiger partial charge in [-0.3, -0.25) is 9.69 Å². The van der Waals surface area contributed by atoms with Crippen molar-refractivity contribution in [2.75, 3.05) is 20.8 Å². The molecule has 1 fully saturated rings. The zero-order valence-electron chi connectivity index (χ0n) is 16.6. The normalized spacial score (nSPS) is 18.9. The SMILES string of the molecule is COC[C@@H](CC(C)C)N=C1N/C(=C\c2ccc3c(c2)ncn3C)C(=O)N1C. The molecule has 0 saturated carbocycles. The molecule has 7 nitrogen and oxygen atoms in total. The lowest BCUT2D eigenvalue weighted by Gasteiger charge is -2.16. The van der Waals surface area contributed by atoms with E-state index in [9.17, 15) is 4.79 Å². The highest BCUT2D eigenvalue weighted by Crippen LogP contribution is 2.19. The van der Waals surface area contributed by atoms with Crippen LogP contribution >= 0.6 is 0 Å². The Morgan fingerprint density at radius 3 is 2.81 bits per heavy atom. The van der Waals surface area contributed by atoms with Crippen molar-refractivity contribution in [1.82, 2.24) is 19.8 Å². The molecule has 27 heavy (non-hydrogen) atoms. The van der Waals surface area contributed by atoms with Crippen molar-refractivity contribution >= 4 is 29.0 Å². The molecular weight excluding hydrogens is 342 g/mol. The lowest BCUT2D eigenvalue weighted by molar-refractivity contribution is -0.121. The van der Waals surface area contributed by atoms with Gasteiger partial charge in [-0.15, -0.1) is 0 Å². The number of benzene rings is 1. The van der Waals surface area contributed by atoms with Crippen LogP contribution in [-0.2, 0) is 16.6 Å². The van der Waals surface area contributed by atoms with Crippen molar-refractivity contribution in [2.45, 2.75) is 26.3 Å². The first-order valence-electron chi connectivity index (χ1n) is 9.13. The quantitative estimate of drug-likeness (QED) is 0.794. The first kappa shape index (κ1) is 19.1. The summed E-state index contributed by atoms with van der Waals surface area (Å²) in [6.45, 7) is 4.83. The number of aryl methyl sites for hydroxylation is 1. The molecule has 1 aliphatic rings. The predicted octanol–water partition coefficient (Wildman–Crippen LogP) is 2.39. The van der Waals surface area contributed by atoms with E-state index in [1.165, 1.54) is 0 Å². The third kappa shape index (κ3) is 4.19. The van der Waals surface area contributed by atoms with Gasteiger partial charge in [-0.1, -0.05) is 19.9 Å². The summed E-state index contributed by atoms with van der Waals surface area (Å²) in [6, 6.07) is 5.97. The minimum Gasteiger partial charge on any atom is -0.382 e. The number of carbonyl (C=O) groups is 1. The monoisotopic (exact) mass is 369 g/mol. The summed E-state index contributed by atoms with van der Waals surface area (Å²) in [5.74, 6) is 0.959. The molecule has 1 aliphatic heterocycles. The van der Waals surface area contributed by atoms with Crippen LogP contribution in [0.1, 0.15) is 25.8 Å². The van der Waals surface area contributed by atoms with Gasteiger partial charge in [-0.05, 0) is 36.1 Å². The third-order valence-electron chi connectivity index (χ3n) is 4.57. The van der Waals surface area contributed by atoms with Gasteiger partial charge >= 0.3 is 0 Å². The molecule has 1 aromatic heterocycles. The van der Waals surface area contributed by atoms with Gasteiger partial charge in [-0.25, -0.2) is 9.98 Å². The number of hydrogen-bond donors (Lipinski definition) is 1. The van der Waals surface area contributed by atoms with E-state index in [4.69, 9.17) is 9.73 Å². The van der Waals surface area contributed by atoms with E-state index >= 15 is 0 Å². The van der Waals surface area contributed by atoms with Gasteiger partial charge in [0.2, 0.25) is 5.96 Å². The number of imidazole rings is 1. The van der Waals surface area contributed by atoms with Crippen molar-refractivity contribution < 1.29 is 9.53 Å². The Bertz CT molecular complexity index is 897. The van der Waals surface area contributed by atoms with E-state index in [1.807, 2.05) is 35.9 Å². The molecule has 1 saturated heterocycles. The summed E-state index contributed by atoms with van der Waals surface area (Å²) in [5.41, 5.74) is 3.38. The molecule has 144 valence electrons. The molecule has 1 aromatic carbocycles. The molecule has 0 radical (unpaired) electrons. The van der Waals surface area contributed by atoms with Gasteiger partial charge in [-0.2, -0.15) is 0 Å². The van der Waals surface area contributed by atoms with Crippen LogP contribution in [0, 0.1) is 5.92 Å². The molecule has 1 amide bonds. The molecule has 7 heteroatoms. The van der Waals surface area contributed by atoms with E-state index in [-0.39, 0.29) is 11.9 Å². The standard InChI is InChI=1S/C20H27N5O2/c1-13(2)8-15(11-27-5)22-20-23-17(19(26)25(20)4)10-14-6-7-18-16(9-14)21-12-24(18)3/h6-7,9-10,12-13,15H,8,11H2,1-5H3,(H,22,23)/b17-10-/t15-/m1/s1. The molecule has 3 rings (SSSR count). The predicted molar refractivity (Wildman–Crippen MR) is 107 cm³/mol. The van der Waals surface area contributed by atoms with Crippen LogP contribution in [0.15, 0.2) is 35.2 Å². The number of carbonyl (C=O) groups excluding carboxylic acids is 1. The van der Waals surface area contributed by atoms with Crippen LogP contribution in [0.5, 0.6) is 0 Å². The number of rotatable bonds is 6. The lowest BCUT2D eigenvalue weighted by atomic mass is 10.1. The fourth-order valence-corrected chi connectivity index (χ4v) is 3.23. The molecule has 0 aliphatic carbocycles. The number of hydrogen-bond acceptors (Lipinski definition) is 4. The highest BCUT2D eigenvalue weighted by Gasteiger charge is 2.29. The van der Waals surface area contributed by atoms with Crippen LogP contribution < -0.4 is 5.32 Å². The molecule has 1 N–H and O–H groups in total. The Hall–Kier alpha value is -2.67. The summed E-state index contributed by atoms with van der Waals surface area (Å²) in [7, 11) is 5.36. The minimum atomic E-state index is -0.101. The number of aromatic nitrogens is 2. The van der Waals surface area contributed by atoms with Crippen LogP contribution in [0.25, 0.3) is 17.1 Å². The minimum absolute atomic E-state index is 0.0111. The maximum absolute atomic E-state index is 12.6. The first-order valence-corrected chi connectivity index (χ1v) is 9.13. The number of aliphatic imine (C=N–C) groups is 1. The lowest BCUT2D eigenvalue weighted by Crippen LogP contribution is -2.31. The number of nitrogens with one attached hydrogen (secondary N) is 1. The average Bonchev–Trinajstić information content (AvgIpc) is 3.10. The van der Waals surface area contributed by atoms with Gasteiger partial charge in [0.1, 0.15) is 5.70 Å². The molecule has 2 heterocycles. The maximum Gasteiger partial charge on any atom is 0.276 e. The highest BCUT2D eigenvalue weighted by molar-refractivity contribution is 6.15. The summed E-state index contributed by atoms with van der Waals surface area (Å²) < 4.78 is 7.25. The van der Waals surface area contributed by atoms with Gasteiger partial charge in [0, 0.05) is 21.2 Å². The van der Waals surface area contributed by atoms with Crippen molar-refractivity contribution in [1.29, 1.82) is 0 Å². The smallest absolute Gasteiger partial charge is 0.276 e. The Kier molecular flexibility index (Phi) is 5.60. The van der Waals surface area contributed by atoms with Crippen molar-refractivity contribution in [3.8, 4) is 0 Å². The van der Waals surface area contributed by atoms with Gasteiger partial charge in [0.05, 0.1) is 30.0 Å². The second kappa shape index (κ2) is 7.92. The Morgan fingerprint density at radius 1 is 1.33 bits per heavy atom. The average molecular weight is 369 g/mol. The van der Waals surface area contributed by atoms with Crippen molar-refractivity contribution in [2.24, 2.45) is 18.0 Å². The van der Waals surface area contributed by atoms with Gasteiger partial charge in [0.15, 0.2) is 0 Å². The fourth-order valence-electron chi connectivity index (χ4n) is 3.23. The fraction of sp³-hybridized carbons (Fsp3) is 0.450. The molecule has 0 unspecified atom stereocenters. The Balaban J connectivity index is 1.85. The van der Waals surface area contributed by atoms with Crippen LogP contribution in [0.2, 0.25) is 0 Å². The molecular formula is C20H27N5O2. The summed E-state index contributed by atoms with van der Waals surface area (Å²) in [5, 5.41) is 3.16. The molecule has 0 bridgehead atoms. The van der Waals surface area contributed by atoms with Crippen LogP contribution in [0.4, 0.5) is 0 Å². The number of ether oxygens (including phenoxy) is 1. The molecule has 2 aromatic rings. The van der Waals surface area contributed by atoms with E-state index in [2.05, 4.69) is 24.1 Å². The number of amides is 1. The van der Waals surface area contributed by atoms with E-state index in [0.29, 0.717) is 24.2 Å². The first-order chi connectivity index (χ1) is 12.9. The van der Waals surface area contributed by atoms with Gasteiger partial charge < -0.3 is 14.6 Å². The maximum atomic E-state index is 12.6. The Labute approximate surface area is 159 Å². The van der Waals surface area contributed by atoms with E-state index < -0.39 is 0 Å². The molecule has 0 spiro atoms. The number of nitrogens with zero attached hydrogens (tertiary/aromatic N) is 4. The second-order valence-electron chi connectivity index (χ2n) is 7.34. The van der Waals surface area contributed by atoms with Crippen LogP contribution in [-0.4, -0.2) is 53.1 Å². The highest BCUT2D eigenvalue weighted by atomic mass is 16.5. The molecule has 1 atom stereocenters. The van der Waals surface area contributed by atoms with E-state index in [1.54, 1.807) is 25.4 Å². The van der Waals surface area contributed by atoms with Crippen molar-refractivity contribution in [3.63, 3.8) is 0 Å². The third-order valence-corrected chi connectivity index (χ3v) is 4.57. The summed E-state index contributed by atoms with van der Waals surface area (Å²) in [4.78, 5) is 23.2. The Morgan fingerprint density at radius 2 is 2.11 bits per heavy atom. The number of guanidine groups is 1. The summed E-state index contributed by atoms with van der Waals surface area (Å²) >= 11 is 0. The van der Waals surface area contributed by atoms with Crippen LogP contribution in [0.3, 0.4) is 0 Å². The summed E-state index contributed by atoms with van der Waals surface area (Å²) in [6.07, 6.45) is 4.52. The van der Waals surface area contributed by atoms with Crippen molar-refractivity contribution in [3.05, 3.63) is 35.8 Å². The van der Waals surface area contributed by atoms with E-state index in [0.717, 1.165) is 23.0 Å². The largest absolute Gasteiger partial charge is 0.382 e. The zero-order chi connectivity index (χ0) is 19.6. The second-order valence-corrected chi connectivity index (χ2v) is 7.34. The topological polar surface area (TPSA) is 71.7 Å². The number of likely N-dealkylation sites (N-methyl/N-ethyl adjacent to an activating group) is 1. The number of fused-ring (bicyclic) bond motifs is 1. The number of methoxy groups -OCH3 is 1.